The number of rotatable bonds is 5. The van der Waals surface area contributed by atoms with Crippen LogP contribution in [0.25, 0.3) is 5.69 Å². The summed E-state index contributed by atoms with van der Waals surface area (Å²) in [5.74, 6) is 0.148. The Bertz CT molecular complexity index is 1030. The van der Waals surface area contributed by atoms with E-state index in [-0.39, 0.29) is 23.2 Å². The second-order valence-corrected chi connectivity index (χ2v) is 7.91. The van der Waals surface area contributed by atoms with Gasteiger partial charge >= 0.3 is 0 Å². The molecule has 5 nitrogen and oxygen atoms in total. The van der Waals surface area contributed by atoms with Crippen molar-refractivity contribution in [3.63, 3.8) is 0 Å². The first-order chi connectivity index (χ1) is 13.6. The van der Waals surface area contributed by atoms with Crippen LogP contribution in [-0.4, -0.2) is 15.7 Å². The number of nitrogens with zero attached hydrogens (tertiary/aromatic N) is 2. The number of hydrogen-bond donors (Lipinski definition) is 1. The molecule has 0 unspecified atom stereocenters. The number of hydrogen-bond acceptors (Lipinski definition) is 3. The number of aromatic nitrogens is 2. The summed E-state index contributed by atoms with van der Waals surface area (Å²) in [7, 11) is 0. The second-order valence-electron chi connectivity index (χ2n) is 7.00. The van der Waals surface area contributed by atoms with Gasteiger partial charge in [0.15, 0.2) is 0 Å². The average molecular weight is 438 g/mol. The maximum atomic E-state index is 12.9. The molecule has 1 atom stereocenters. The van der Waals surface area contributed by atoms with E-state index in [9.17, 15) is 9.59 Å². The maximum Gasteiger partial charge on any atom is 0.272 e. The highest BCUT2D eigenvalue weighted by Gasteiger charge is 2.30. The summed E-state index contributed by atoms with van der Waals surface area (Å²) in [6.07, 6.45) is 3.38. The smallest absolute Gasteiger partial charge is 0.272 e. The molecule has 0 bridgehead atoms. The molecule has 3 aromatic rings. The first-order valence-electron chi connectivity index (χ1n) is 9.34. The van der Waals surface area contributed by atoms with Gasteiger partial charge in [-0.2, -0.15) is 9.78 Å². The van der Waals surface area contributed by atoms with Crippen molar-refractivity contribution in [1.29, 1.82) is 0 Å². The number of halogens is 1. The van der Waals surface area contributed by atoms with E-state index in [2.05, 4.69) is 26.3 Å². The van der Waals surface area contributed by atoms with E-state index >= 15 is 0 Å². The van der Waals surface area contributed by atoms with E-state index < -0.39 is 0 Å². The quantitative estimate of drug-likeness (QED) is 0.648. The number of carbonyl (C=O) groups is 1. The summed E-state index contributed by atoms with van der Waals surface area (Å²) in [4.78, 5) is 25.1. The van der Waals surface area contributed by atoms with E-state index in [1.165, 1.54) is 23.2 Å². The third kappa shape index (κ3) is 3.92. The molecule has 0 saturated heterocycles. The van der Waals surface area contributed by atoms with E-state index in [1.807, 2.05) is 42.5 Å². The van der Waals surface area contributed by atoms with Crippen LogP contribution < -0.4 is 10.9 Å². The SMILES string of the molecule is O=C(N[C@@H](c1ccc(Br)cc1)C1CCC1)c1ccc(=O)n(-c2ccccc2)n1. The monoisotopic (exact) mass is 437 g/mol. The zero-order valence-electron chi connectivity index (χ0n) is 15.2. The number of para-hydroxylation sites is 1. The topological polar surface area (TPSA) is 64.0 Å². The summed E-state index contributed by atoms with van der Waals surface area (Å²) in [5.41, 5.74) is 1.67. The second kappa shape index (κ2) is 8.10. The van der Waals surface area contributed by atoms with Gasteiger partial charge in [-0.15, -0.1) is 0 Å². The van der Waals surface area contributed by atoms with Gasteiger partial charge in [-0.05, 0) is 54.7 Å². The zero-order valence-corrected chi connectivity index (χ0v) is 16.8. The van der Waals surface area contributed by atoms with Crippen molar-refractivity contribution in [2.75, 3.05) is 0 Å². The summed E-state index contributed by atoms with van der Waals surface area (Å²) in [6, 6.07) is 19.9. The van der Waals surface area contributed by atoms with Crippen molar-refractivity contribution in [3.8, 4) is 5.69 Å². The Balaban J connectivity index is 1.61. The molecule has 1 N–H and O–H groups in total. The number of amides is 1. The standard InChI is InChI=1S/C22H20BrN3O2/c23-17-11-9-16(10-12-17)21(15-5-4-6-15)24-22(28)19-13-14-20(27)26(25-19)18-7-2-1-3-8-18/h1-3,7-15,21H,4-6H2,(H,24,28)/t21-/m1/s1. The largest absolute Gasteiger partial charge is 0.344 e. The normalized spacial score (nSPS) is 14.9. The minimum absolute atomic E-state index is 0.0618. The lowest BCUT2D eigenvalue weighted by Crippen LogP contribution is -2.37. The fourth-order valence-corrected chi connectivity index (χ4v) is 3.68. The minimum atomic E-state index is -0.274. The molecule has 1 aromatic heterocycles. The summed E-state index contributed by atoms with van der Waals surface area (Å²) in [6.45, 7) is 0. The molecule has 0 radical (unpaired) electrons. The lowest BCUT2D eigenvalue weighted by Gasteiger charge is -2.34. The van der Waals surface area contributed by atoms with Crippen molar-refractivity contribution in [2.45, 2.75) is 25.3 Å². The number of nitrogens with one attached hydrogen (secondary N) is 1. The molecule has 1 heterocycles. The molecule has 0 spiro atoms. The van der Waals surface area contributed by atoms with Gasteiger partial charge < -0.3 is 5.32 Å². The predicted molar refractivity (Wildman–Crippen MR) is 112 cm³/mol. The Kier molecular flexibility index (Phi) is 5.39. The first-order valence-corrected chi connectivity index (χ1v) is 10.1. The third-order valence-corrected chi connectivity index (χ3v) is 5.70. The fourth-order valence-electron chi connectivity index (χ4n) is 3.42. The molecular weight excluding hydrogens is 418 g/mol. The van der Waals surface area contributed by atoms with E-state index in [0.29, 0.717) is 11.6 Å². The van der Waals surface area contributed by atoms with Crippen LogP contribution in [0.1, 0.15) is 41.4 Å². The van der Waals surface area contributed by atoms with Crippen LogP contribution in [0, 0.1) is 5.92 Å². The zero-order chi connectivity index (χ0) is 19.5. The van der Waals surface area contributed by atoms with Crippen LogP contribution in [0.15, 0.2) is 76.0 Å². The van der Waals surface area contributed by atoms with E-state index in [1.54, 1.807) is 12.1 Å². The van der Waals surface area contributed by atoms with E-state index in [0.717, 1.165) is 22.9 Å². The lowest BCUT2D eigenvalue weighted by atomic mass is 9.77. The van der Waals surface area contributed by atoms with E-state index in [4.69, 9.17) is 0 Å². The van der Waals surface area contributed by atoms with Gasteiger partial charge in [-0.1, -0.05) is 52.7 Å². The molecule has 6 heteroatoms. The van der Waals surface area contributed by atoms with Crippen molar-refractivity contribution in [2.24, 2.45) is 5.92 Å². The summed E-state index contributed by atoms with van der Waals surface area (Å²) >= 11 is 3.46. The Hall–Kier alpha value is -2.73. The molecule has 4 rings (SSSR count). The van der Waals surface area contributed by atoms with Crippen molar-refractivity contribution in [3.05, 3.63) is 92.8 Å². The molecule has 28 heavy (non-hydrogen) atoms. The Labute approximate surface area is 171 Å². The van der Waals surface area contributed by atoms with Gasteiger partial charge in [0, 0.05) is 10.5 Å². The maximum absolute atomic E-state index is 12.9. The Morgan fingerprint density at radius 1 is 1.04 bits per heavy atom. The number of carbonyl (C=O) groups excluding carboxylic acids is 1. The van der Waals surface area contributed by atoms with Crippen molar-refractivity contribution in [1.82, 2.24) is 15.1 Å². The van der Waals surface area contributed by atoms with Crippen LogP contribution in [0.4, 0.5) is 0 Å². The summed E-state index contributed by atoms with van der Waals surface area (Å²) < 4.78 is 2.26. The molecule has 0 aliphatic heterocycles. The van der Waals surface area contributed by atoms with Crippen LogP contribution in [-0.2, 0) is 0 Å². The van der Waals surface area contributed by atoms with Gasteiger partial charge in [0.25, 0.3) is 11.5 Å². The third-order valence-electron chi connectivity index (χ3n) is 5.17. The van der Waals surface area contributed by atoms with Gasteiger partial charge in [0.05, 0.1) is 11.7 Å². The first kappa shape index (κ1) is 18.6. The Morgan fingerprint density at radius 2 is 1.75 bits per heavy atom. The molecule has 1 aliphatic rings. The highest BCUT2D eigenvalue weighted by atomic mass is 79.9. The minimum Gasteiger partial charge on any atom is -0.344 e. The van der Waals surface area contributed by atoms with Crippen molar-refractivity contribution < 1.29 is 4.79 Å². The molecule has 1 aliphatic carbocycles. The summed E-state index contributed by atoms with van der Waals surface area (Å²) in [5, 5.41) is 7.43. The highest BCUT2D eigenvalue weighted by Crippen LogP contribution is 2.38. The van der Waals surface area contributed by atoms with Gasteiger partial charge in [-0.25, -0.2) is 0 Å². The van der Waals surface area contributed by atoms with Gasteiger partial charge in [-0.3, -0.25) is 9.59 Å². The highest BCUT2D eigenvalue weighted by molar-refractivity contribution is 9.10. The van der Waals surface area contributed by atoms with Gasteiger partial charge in [0.2, 0.25) is 0 Å². The molecular formula is C22H20BrN3O2. The van der Waals surface area contributed by atoms with Crippen LogP contribution in [0.5, 0.6) is 0 Å². The van der Waals surface area contributed by atoms with Crippen molar-refractivity contribution >= 4 is 21.8 Å². The predicted octanol–water partition coefficient (Wildman–Crippen LogP) is 4.27. The molecule has 1 saturated carbocycles. The Morgan fingerprint density at radius 3 is 2.39 bits per heavy atom. The van der Waals surface area contributed by atoms with Crippen LogP contribution in [0.3, 0.4) is 0 Å². The molecule has 1 fully saturated rings. The fraction of sp³-hybridized carbons (Fsp3) is 0.227. The van der Waals surface area contributed by atoms with Gasteiger partial charge in [0.1, 0.15) is 5.69 Å². The molecule has 2 aromatic carbocycles. The molecule has 1 amide bonds. The van der Waals surface area contributed by atoms with Crippen LogP contribution in [0.2, 0.25) is 0 Å². The lowest BCUT2D eigenvalue weighted by molar-refractivity contribution is 0.0893. The number of benzene rings is 2. The molecule has 142 valence electrons. The average Bonchev–Trinajstić information content (AvgIpc) is 2.67. The van der Waals surface area contributed by atoms with Crippen LogP contribution >= 0.6 is 15.9 Å².